The molecular formula is C15H13N3O3. The number of fused-ring (bicyclic) bond motifs is 1. The maximum absolute atomic E-state index is 9.29. The van der Waals surface area contributed by atoms with Crippen LogP contribution in [0.15, 0.2) is 36.8 Å². The summed E-state index contributed by atoms with van der Waals surface area (Å²) in [5.41, 5.74) is 2.24. The third-order valence-corrected chi connectivity index (χ3v) is 3.16. The number of methoxy groups -OCH3 is 2. The Balaban J connectivity index is 2.26. The SMILES string of the molecule is COc1cc2ncnc(-c3ccc(O)nc3)c2cc1OC. The monoisotopic (exact) mass is 283 g/mol. The molecular weight excluding hydrogens is 270 g/mol. The van der Waals surface area contributed by atoms with Gasteiger partial charge < -0.3 is 14.6 Å². The number of hydrogen-bond acceptors (Lipinski definition) is 6. The number of ether oxygens (including phenoxy) is 2. The third kappa shape index (κ3) is 2.31. The van der Waals surface area contributed by atoms with Crippen LogP contribution in [-0.2, 0) is 0 Å². The van der Waals surface area contributed by atoms with Crippen molar-refractivity contribution in [2.45, 2.75) is 0 Å². The fourth-order valence-electron chi connectivity index (χ4n) is 2.14. The molecule has 1 aromatic carbocycles. The minimum atomic E-state index is -0.0311. The van der Waals surface area contributed by atoms with Crippen molar-refractivity contribution < 1.29 is 14.6 Å². The van der Waals surface area contributed by atoms with Gasteiger partial charge in [-0.15, -0.1) is 0 Å². The molecule has 3 rings (SSSR count). The van der Waals surface area contributed by atoms with Gasteiger partial charge in [0.15, 0.2) is 11.5 Å². The van der Waals surface area contributed by atoms with Crippen LogP contribution in [0, 0.1) is 0 Å². The molecule has 0 aliphatic carbocycles. The maximum atomic E-state index is 9.29. The van der Waals surface area contributed by atoms with Gasteiger partial charge in [0.2, 0.25) is 5.88 Å². The lowest BCUT2D eigenvalue weighted by Crippen LogP contribution is -1.94. The molecule has 0 aliphatic rings. The molecule has 0 bridgehead atoms. The summed E-state index contributed by atoms with van der Waals surface area (Å²) >= 11 is 0. The Labute approximate surface area is 121 Å². The highest BCUT2D eigenvalue weighted by molar-refractivity contribution is 5.94. The summed E-state index contributed by atoms with van der Waals surface area (Å²) in [6.45, 7) is 0. The van der Waals surface area contributed by atoms with Crippen molar-refractivity contribution in [3.8, 4) is 28.6 Å². The van der Waals surface area contributed by atoms with Crippen LogP contribution in [0.1, 0.15) is 0 Å². The molecule has 0 amide bonds. The normalized spacial score (nSPS) is 10.6. The van der Waals surface area contributed by atoms with Gasteiger partial charge in [-0.25, -0.2) is 15.0 Å². The van der Waals surface area contributed by atoms with Crippen molar-refractivity contribution in [1.82, 2.24) is 15.0 Å². The van der Waals surface area contributed by atoms with E-state index in [0.29, 0.717) is 17.2 Å². The highest BCUT2D eigenvalue weighted by Gasteiger charge is 2.12. The average Bonchev–Trinajstić information content (AvgIpc) is 2.53. The molecule has 0 atom stereocenters. The second-order valence-electron chi connectivity index (χ2n) is 4.35. The standard InChI is InChI=1S/C15H13N3O3/c1-20-12-5-10-11(6-13(12)21-2)17-8-18-15(10)9-3-4-14(19)16-7-9/h3-8H,1-2H3,(H,16,19). The van der Waals surface area contributed by atoms with Crippen molar-refractivity contribution >= 4 is 10.9 Å². The molecule has 2 aromatic heterocycles. The summed E-state index contributed by atoms with van der Waals surface area (Å²) in [5, 5.41) is 10.1. The number of benzene rings is 1. The van der Waals surface area contributed by atoms with E-state index in [9.17, 15) is 5.11 Å². The van der Waals surface area contributed by atoms with Crippen LogP contribution in [0.2, 0.25) is 0 Å². The second-order valence-corrected chi connectivity index (χ2v) is 4.35. The van der Waals surface area contributed by atoms with Gasteiger partial charge in [-0.1, -0.05) is 0 Å². The van der Waals surface area contributed by atoms with Gasteiger partial charge in [0.25, 0.3) is 0 Å². The van der Waals surface area contributed by atoms with Crippen molar-refractivity contribution in [2.75, 3.05) is 14.2 Å². The summed E-state index contributed by atoms with van der Waals surface area (Å²) in [6.07, 6.45) is 3.05. The molecule has 0 unspecified atom stereocenters. The first-order valence-corrected chi connectivity index (χ1v) is 6.25. The lowest BCUT2D eigenvalue weighted by atomic mass is 10.1. The van der Waals surface area contributed by atoms with Crippen LogP contribution < -0.4 is 9.47 Å². The Hall–Kier alpha value is -2.89. The molecule has 3 aromatic rings. The van der Waals surface area contributed by atoms with Crippen molar-refractivity contribution in [2.24, 2.45) is 0 Å². The molecule has 0 radical (unpaired) electrons. The largest absolute Gasteiger partial charge is 0.493 e. The predicted octanol–water partition coefficient (Wildman–Crippen LogP) is 2.41. The Kier molecular flexibility index (Phi) is 3.27. The van der Waals surface area contributed by atoms with Crippen molar-refractivity contribution in [3.05, 3.63) is 36.8 Å². The summed E-state index contributed by atoms with van der Waals surface area (Å²) in [6, 6.07) is 6.90. The van der Waals surface area contributed by atoms with Crippen LogP contribution in [-0.4, -0.2) is 34.3 Å². The van der Waals surface area contributed by atoms with Crippen LogP contribution in [0.25, 0.3) is 22.2 Å². The van der Waals surface area contributed by atoms with Crippen molar-refractivity contribution in [3.63, 3.8) is 0 Å². The minimum Gasteiger partial charge on any atom is -0.493 e. The van der Waals surface area contributed by atoms with E-state index in [2.05, 4.69) is 15.0 Å². The topological polar surface area (TPSA) is 77.4 Å². The highest BCUT2D eigenvalue weighted by atomic mass is 16.5. The molecule has 1 N–H and O–H groups in total. The lowest BCUT2D eigenvalue weighted by Gasteiger charge is -2.10. The molecule has 0 saturated carbocycles. The first-order chi connectivity index (χ1) is 10.2. The molecule has 2 heterocycles. The Morgan fingerprint density at radius 1 is 0.952 bits per heavy atom. The molecule has 21 heavy (non-hydrogen) atoms. The van der Waals surface area contributed by atoms with E-state index in [1.165, 1.54) is 12.4 Å². The first-order valence-electron chi connectivity index (χ1n) is 6.25. The van der Waals surface area contributed by atoms with E-state index in [1.54, 1.807) is 32.5 Å². The van der Waals surface area contributed by atoms with Gasteiger partial charge in [0.05, 0.1) is 25.4 Å². The summed E-state index contributed by atoms with van der Waals surface area (Å²) in [4.78, 5) is 12.4. The van der Waals surface area contributed by atoms with Crippen molar-refractivity contribution in [1.29, 1.82) is 0 Å². The van der Waals surface area contributed by atoms with Gasteiger partial charge in [-0.2, -0.15) is 0 Å². The molecule has 0 saturated heterocycles. The molecule has 106 valence electrons. The smallest absolute Gasteiger partial charge is 0.210 e. The third-order valence-electron chi connectivity index (χ3n) is 3.16. The minimum absolute atomic E-state index is 0.0311. The van der Waals surface area contributed by atoms with E-state index in [-0.39, 0.29) is 5.88 Å². The zero-order chi connectivity index (χ0) is 14.8. The Morgan fingerprint density at radius 3 is 2.38 bits per heavy atom. The number of nitrogens with zero attached hydrogens (tertiary/aromatic N) is 3. The predicted molar refractivity (Wildman–Crippen MR) is 77.5 cm³/mol. The first kappa shape index (κ1) is 13.1. The average molecular weight is 283 g/mol. The molecule has 0 aliphatic heterocycles. The van der Waals surface area contributed by atoms with E-state index in [1.807, 2.05) is 6.07 Å². The lowest BCUT2D eigenvalue weighted by molar-refractivity contribution is 0.356. The van der Waals surface area contributed by atoms with Crippen LogP contribution >= 0.6 is 0 Å². The van der Waals surface area contributed by atoms with E-state index < -0.39 is 0 Å². The fourth-order valence-corrected chi connectivity index (χ4v) is 2.14. The number of rotatable bonds is 3. The zero-order valence-corrected chi connectivity index (χ0v) is 11.6. The van der Waals surface area contributed by atoms with Gasteiger partial charge in [-0.3, -0.25) is 0 Å². The number of pyridine rings is 1. The van der Waals surface area contributed by atoms with Crippen LogP contribution in [0.4, 0.5) is 0 Å². The summed E-state index contributed by atoms with van der Waals surface area (Å²) in [7, 11) is 3.16. The summed E-state index contributed by atoms with van der Waals surface area (Å²) in [5.74, 6) is 1.18. The molecule has 0 spiro atoms. The zero-order valence-electron chi connectivity index (χ0n) is 11.6. The molecule has 6 nitrogen and oxygen atoms in total. The van der Waals surface area contributed by atoms with Gasteiger partial charge in [-0.05, 0) is 12.1 Å². The fraction of sp³-hybridized carbons (Fsp3) is 0.133. The van der Waals surface area contributed by atoms with Gasteiger partial charge in [0, 0.05) is 29.3 Å². The van der Waals surface area contributed by atoms with Gasteiger partial charge >= 0.3 is 0 Å². The van der Waals surface area contributed by atoms with E-state index >= 15 is 0 Å². The number of aromatic hydroxyl groups is 1. The maximum Gasteiger partial charge on any atom is 0.210 e. The number of aromatic nitrogens is 3. The van der Waals surface area contributed by atoms with Crippen LogP contribution in [0.3, 0.4) is 0 Å². The second kappa shape index (κ2) is 5.24. The molecule has 6 heteroatoms. The molecule has 0 fully saturated rings. The van der Waals surface area contributed by atoms with E-state index in [4.69, 9.17) is 9.47 Å². The van der Waals surface area contributed by atoms with Gasteiger partial charge in [0.1, 0.15) is 6.33 Å². The Morgan fingerprint density at radius 2 is 1.71 bits per heavy atom. The number of hydrogen-bond donors (Lipinski definition) is 1. The Bertz CT molecular complexity index is 788. The highest BCUT2D eigenvalue weighted by Crippen LogP contribution is 2.34. The summed E-state index contributed by atoms with van der Waals surface area (Å²) < 4.78 is 10.6. The quantitative estimate of drug-likeness (QED) is 0.795. The van der Waals surface area contributed by atoms with Crippen LogP contribution in [0.5, 0.6) is 17.4 Å². The van der Waals surface area contributed by atoms with E-state index in [0.717, 1.165) is 16.5 Å².